The van der Waals surface area contributed by atoms with Crippen molar-refractivity contribution in [1.82, 2.24) is 15.3 Å². The van der Waals surface area contributed by atoms with Gasteiger partial charge < -0.3 is 10.1 Å². The van der Waals surface area contributed by atoms with Gasteiger partial charge in [0, 0.05) is 5.39 Å². The van der Waals surface area contributed by atoms with Crippen LogP contribution < -0.4 is 10.1 Å². The molecule has 1 amide bonds. The summed E-state index contributed by atoms with van der Waals surface area (Å²) in [5, 5.41) is 6.96. The first-order valence-corrected chi connectivity index (χ1v) is 10.9. The van der Waals surface area contributed by atoms with Gasteiger partial charge in [-0.1, -0.05) is 54.2 Å². The monoisotopic (exact) mass is 421 g/mol. The predicted octanol–water partition coefficient (Wildman–Crippen LogP) is 4.70. The zero-order valence-corrected chi connectivity index (χ0v) is 17.4. The average Bonchev–Trinajstić information content (AvgIpc) is 3.26. The molecule has 0 unspecified atom stereocenters. The Morgan fingerprint density at radius 3 is 2.59 bits per heavy atom. The highest BCUT2D eigenvalue weighted by Gasteiger charge is 2.17. The van der Waals surface area contributed by atoms with E-state index in [1.807, 2.05) is 66.0 Å². The molecular formula is C22H19N3O2S2. The van der Waals surface area contributed by atoms with E-state index in [0.717, 1.165) is 32.1 Å². The summed E-state index contributed by atoms with van der Waals surface area (Å²) in [5.74, 6) is 1.01. The lowest BCUT2D eigenvalue weighted by Crippen LogP contribution is -2.30. The molecule has 0 saturated heterocycles. The molecular weight excluding hydrogens is 402 g/mol. The Labute approximate surface area is 177 Å². The van der Waals surface area contributed by atoms with E-state index in [9.17, 15) is 4.79 Å². The lowest BCUT2D eigenvalue weighted by Gasteiger charge is -2.20. The third-order valence-corrected chi connectivity index (χ3v) is 6.28. The molecule has 2 heterocycles. The molecule has 0 spiro atoms. The van der Waals surface area contributed by atoms with Crippen molar-refractivity contribution in [3.8, 4) is 5.75 Å². The average molecular weight is 422 g/mol. The number of benzene rings is 2. The number of ether oxygens (including phenoxy) is 1. The Morgan fingerprint density at radius 2 is 1.83 bits per heavy atom. The Balaban J connectivity index is 1.50. The summed E-state index contributed by atoms with van der Waals surface area (Å²) in [6.07, 6.45) is 1.54. The summed E-state index contributed by atoms with van der Waals surface area (Å²) in [6, 6.07) is 19.5. The number of hydrogen-bond acceptors (Lipinski definition) is 6. The van der Waals surface area contributed by atoms with Crippen LogP contribution in [-0.2, 0) is 4.79 Å². The summed E-state index contributed by atoms with van der Waals surface area (Å²) in [7, 11) is 1.64. The van der Waals surface area contributed by atoms with Gasteiger partial charge in [0.1, 0.15) is 21.9 Å². The topological polar surface area (TPSA) is 64.1 Å². The van der Waals surface area contributed by atoms with Crippen LogP contribution in [0.3, 0.4) is 0 Å². The van der Waals surface area contributed by atoms with Gasteiger partial charge >= 0.3 is 0 Å². The van der Waals surface area contributed by atoms with Crippen LogP contribution in [0.15, 0.2) is 77.4 Å². The summed E-state index contributed by atoms with van der Waals surface area (Å²) < 4.78 is 5.25. The van der Waals surface area contributed by atoms with E-state index in [2.05, 4.69) is 15.3 Å². The fraction of sp³-hybridized carbons (Fsp3) is 0.136. The molecule has 0 fully saturated rings. The lowest BCUT2D eigenvalue weighted by molar-refractivity contribution is -0.119. The molecule has 7 heteroatoms. The Bertz CT molecular complexity index is 1100. The third kappa shape index (κ3) is 4.58. The first kappa shape index (κ1) is 19.4. The van der Waals surface area contributed by atoms with Crippen molar-refractivity contribution in [2.45, 2.75) is 11.1 Å². The number of fused-ring (bicyclic) bond motifs is 1. The first-order valence-electron chi connectivity index (χ1n) is 9.04. The number of amides is 1. The molecule has 0 saturated carbocycles. The van der Waals surface area contributed by atoms with Crippen molar-refractivity contribution in [2.24, 2.45) is 0 Å². The van der Waals surface area contributed by atoms with Gasteiger partial charge in [0.15, 0.2) is 0 Å². The summed E-state index contributed by atoms with van der Waals surface area (Å²) in [6.45, 7) is 0. The number of thioether (sulfide) groups is 1. The van der Waals surface area contributed by atoms with Gasteiger partial charge in [0.2, 0.25) is 5.91 Å². The highest BCUT2D eigenvalue weighted by Crippen LogP contribution is 2.28. The minimum absolute atomic E-state index is 0.0540. The van der Waals surface area contributed by atoms with Gasteiger partial charge in [-0.2, -0.15) is 0 Å². The maximum absolute atomic E-state index is 12.8. The van der Waals surface area contributed by atoms with Crippen LogP contribution in [0.1, 0.15) is 17.2 Å². The maximum Gasteiger partial charge on any atom is 0.231 e. The standard InChI is InChI=1S/C22H19N3O2S2/c1-27-17-9-7-16(8-10-17)20(15-5-3-2-4-6-15)25-19(26)13-29-22-18-11-12-28-21(18)23-14-24-22/h2-12,14,20H,13H2,1H3,(H,25,26)/t20-/m0/s1. The van der Waals surface area contributed by atoms with E-state index < -0.39 is 0 Å². The minimum Gasteiger partial charge on any atom is -0.497 e. The maximum atomic E-state index is 12.8. The minimum atomic E-state index is -0.234. The van der Waals surface area contributed by atoms with Gasteiger partial charge in [0.05, 0.1) is 18.9 Å². The first-order chi connectivity index (χ1) is 14.2. The van der Waals surface area contributed by atoms with Crippen molar-refractivity contribution >= 4 is 39.2 Å². The number of methoxy groups -OCH3 is 1. The molecule has 4 rings (SSSR count). The van der Waals surface area contributed by atoms with Crippen molar-refractivity contribution in [1.29, 1.82) is 0 Å². The van der Waals surface area contributed by atoms with Crippen molar-refractivity contribution in [3.05, 3.63) is 83.5 Å². The van der Waals surface area contributed by atoms with Crippen LogP contribution in [0.4, 0.5) is 0 Å². The van der Waals surface area contributed by atoms with E-state index in [1.165, 1.54) is 11.8 Å². The number of nitrogens with one attached hydrogen (secondary N) is 1. The van der Waals surface area contributed by atoms with Crippen molar-refractivity contribution in [3.63, 3.8) is 0 Å². The number of carbonyl (C=O) groups is 1. The second-order valence-corrected chi connectivity index (χ2v) is 8.15. The fourth-order valence-corrected chi connectivity index (χ4v) is 4.61. The molecule has 1 N–H and O–H groups in total. The number of thiophene rings is 1. The quantitative estimate of drug-likeness (QED) is 0.346. The van der Waals surface area contributed by atoms with E-state index in [0.29, 0.717) is 0 Å². The van der Waals surface area contributed by atoms with Crippen LogP contribution in [0, 0.1) is 0 Å². The van der Waals surface area contributed by atoms with E-state index in [1.54, 1.807) is 24.8 Å². The third-order valence-electron chi connectivity index (χ3n) is 4.45. The zero-order valence-electron chi connectivity index (χ0n) is 15.7. The highest BCUT2D eigenvalue weighted by molar-refractivity contribution is 8.00. The van der Waals surface area contributed by atoms with Crippen molar-refractivity contribution < 1.29 is 9.53 Å². The van der Waals surface area contributed by atoms with Crippen LogP contribution in [0.25, 0.3) is 10.2 Å². The molecule has 146 valence electrons. The Kier molecular flexibility index (Phi) is 6.07. The van der Waals surface area contributed by atoms with E-state index in [-0.39, 0.29) is 17.7 Å². The SMILES string of the molecule is COc1ccc([C@@H](NC(=O)CSc2ncnc3sccc23)c2ccccc2)cc1. The van der Waals surface area contributed by atoms with Gasteiger partial charge in [-0.25, -0.2) is 9.97 Å². The molecule has 0 aliphatic rings. The van der Waals surface area contributed by atoms with Crippen LogP contribution in [0.2, 0.25) is 0 Å². The van der Waals surface area contributed by atoms with Gasteiger partial charge in [-0.3, -0.25) is 4.79 Å². The molecule has 4 aromatic rings. The summed E-state index contributed by atoms with van der Waals surface area (Å²) in [5.41, 5.74) is 2.02. The van der Waals surface area contributed by atoms with Gasteiger partial charge in [-0.05, 0) is 34.7 Å². The van der Waals surface area contributed by atoms with Crippen LogP contribution in [-0.4, -0.2) is 28.7 Å². The summed E-state index contributed by atoms with van der Waals surface area (Å²) in [4.78, 5) is 22.3. The lowest BCUT2D eigenvalue weighted by atomic mass is 9.98. The summed E-state index contributed by atoms with van der Waals surface area (Å²) >= 11 is 2.99. The Morgan fingerprint density at radius 1 is 1.07 bits per heavy atom. The predicted molar refractivity (Wildman–Crippen MR) is 118 cm³/mol. The molecule has 2 aromatic heterocycles. The second kappa shape index (κ2) is 9.07. The molecule has 0 radical (unpaired) electrons. The van der Waals surface area contributed by atoms with Gasteiger partial charge in [0.25, 0.3) is 0 Å². The number of carbonyl (C=O) groups excluding carboxylic acids is 1. The van der Waals surface area contributed by atoms with Crippen molar-refractivity contribution in [2.75, 3.05) is 12.9 Å². The molecule has 0 aliphatic carbocycles. The molecule has 2 aromatic carbocycles. The number of hydrogen-bond donors (Lipinski definition) is 1. The van der Waals surface area contributed by atoms with E-state index >= 15 is 0 Å². The Hall–Kier alpha value is -2.90. The second-order valence-electron chi connectivity index (χ2n) is 6.29. The molecule has 0 aliphatic heterocycles. The van der Waals surface area contributed by atoms with E-state index in [4.69, 9.17) is 4.74 Å². The normalized spacial score (nSPS) is 11.9. The van der Waals surface area contributed by atoms with Crippen LogP contribution >= 0.6 is 23.1 Å². The molecule has 29 heavy (non-hydrogen) atoms. The highest BCUT2D eigenvalue weighted by atomic mass is 32.2. The fourth-order valence-electron chi connectivity index (χ4n) is 3.02. The number of aromatic nitrogens is 2. The zero-order chi connectivity index (χ0) is 20.1. The molecule has 0 bridgehead atoms. The number of nitrogens with zero attached hydrogens (tertiary/aromatic N) is 2. The van der Waals surface area contributed by atoms with Crippen LogP contribution in [0.5, 0.6) is 5.75 Å². The largest absolute Gasteiger partial charge is 0.497 e. The smallest absolute Gasteiger partial charge is 0.231 e. The van der Waals surface area contributed by atoms with Gasteiger partial charge in [-0.15, -0.1) is 11.3 Å². The number of rotatable bonds is 7. The molecule has 5 nitrogen and oxygen atoms in total. The molecule has 1 atom stereocenters.